The summed E-state index contributed by atoms with van der Waals surface area (Å²) in [6, 6.07) is 7.85. The Labute approximate surface area is 166 Å². The number of benzene rings is 1. The van der Waals surface area contributed by atoms with Gasteiger partial charge in [-0.3, -0.25) is 9.69 Å². The zero-order valence-electron chi connectivity index (χ0n) is 16.6. The van der Waals surface area contributed by atoms with Gasteiger partial charge in [-0.05, 0) is 56.2 Å². The highest BCUT2D eigenvalue weighted by Gasteiger charge is 2.41. The molecule has 28 heavy (non-hydrogen) atoms. The lowest BCUT2D eigenvalue weighted by Crippen LogP contribution is -2.52. The summed E-state index contributed by atoms with van der Waals surface area (Å²) < 4.78 is 10.2. The second kappa shape index (κ2) is 8.92. The Bertz CT molecular complexity index is 679. The van der Waals surface area contributed by atoms with Crippen molar-refractivity contribution in [3.63, 3.8) is 0 Å². The van der Waals surface area contributed by atoms with E-state index in [0.717, 1.165) is 24.2 Å². The molecule has 1 aromatic rings. The van der Waals surface area contributed by atoms with Crippen LogP contribution in [0.3, 0.4) is 0 Å². The summed E-state index contributed by atoms with van der Waals surface area (Å²) in [7, 11) is 1.64. The Kier molecular flexibility index (Phi) is 6.57. The minimum absolute atomic E-state index is 0.0136. The zero-order valence-corrected chi connectivity index (χ0v) is 16.6. The van der Waals surface area contributed by atoms with E-state index >= 15 is 0 Å². The summed E-state index contributed by atoms with van der Waals surface area (Å²) in [6.07, 6.45) is 2.80. The molecule has 1 heterocycles. The first-order valence-electron chi connectivity index (χ1n) is 10.0. The topological polar surface area (TPSA) is 88.1 Å². The average Bonchev–Trinajstić information content (AvgIpc) is 3.53. The highest BCUT2D eigenvalue weighted by Crippen LogP contribution is 2.41. The second-order valence-corrected chi connectivity index (χ2v) is 7.68. The minimum Gasteiger partial charge on any atom is -0.497 e. The predicted octanol–water partition coefficient (Wildman–Crippen LogP) is 1.65. The molecule has 1 atom stereocenters. The number of likely N-dealkylation sites (tertiary alicyclic amines) is 1. The maximum Gasteiger partial charge on any atom is 0.338 e. The zero-order chi connectivity index (χ0) is 20.1. The molecule has 154 valence electrons. The van der Waals surface area contributed by atoms with Crippen LogP contribution in [0, 0.1) is 5.92 Å². The number of amides is 1. The number of piperidine rings is 1. The Hall–Kier alpha value is -2.12. The standard InChI is InChI=1S/C21H30N2O5/c1-3-28-20(25)21(26)10-12-23(13-11-21)14-18(24)22-19(15-4-5-15)16-6-8-17(27-2)9-7-16/h6-9,15,19,26H,3-5,10-14H2,1-2H3,(H,22,24). The van der Waals surface area contributed by atoms with Gasteiger partial charge in [0.25, 0.3) is 0 Å². The van der Waals surface area contributed by atoms with Gasteiger partial charge in [0, 0.05) is 13.1 Å². The molecule has 2 aliphatic rings. The molecule has 0 aromatic heterocycles. The van der Waals surface area contributed by atoms with E-state index in [0.29, 0.717) is 19.0 Å². The molecule has 1 aliphatic heterocycles. The molecule has 7 heteroatoms. The smallest absolute Gasteiger partial charge is 0.338 e. The number of aliphatic hydroxyl groups is 1. The number of methoxy groups -OCH3 is 1. The summed E-state index contributed by atoms with van der Waals surface area (Å²) in [6.45, 7) is 3.21. The van der Waals surface area contributed by atoms with E-state index in [1.54, 1.807) is 14.0 Å². The van der Waals surface area contributed by atoms with Crippen molar-refractivity contribution in [3.8, 4) is 5.75 Å². The van der Waals surface area contributed by atoms with Crippen LogP contribution in [0.25, 0.3) is 0 Å². The van der Waals surface area contributed by atoms with E-state index in [1.165, 1.54) is 0 Å². The van der Waals surface area contributed by atoms with Gasteiger partial charge in [-0.2, -0.15) is 0 Å². The Morgan fingerprint density at radius 1 is 1.25 bits per heavy atom. The van der Waals surface area contributed by atoms with Crippen LogP contribution in [0.2, 0.25) is 0 Å². The molecule has 1 aliphatic carbocycles. The third kappa shape index (κ3) is 5.02. The van der Waals surface area contributed by atoms with Gasteiger partial charge >= 0.3 is 5.97 Å². The van der Waals surface area contributed by atoms with Gasteiger partial charge in [-0.25, -0.2) is 4.79 Å². The van der Waals surface area contributed by atoms with E-state index in [2.05, 4.69) is 5.32 Å². The van der Waals surface area contributed by atoms with Crippen molar-refractivity contribution >= 4 is 11.9 Å². The highest BCUT2D eigenvalue weighted by molar-refractivity contribution is 5.80. The molecule has 2 fully saturated rings. The van der Waals surface area contributed by atoms with E-state index in [1.807, 2.05) is 29.2 Å². The maximum atomic E-state index is 12.6. The third-order valence-electron chi connectivity index (χ3n) is 5.59. The van der Waals surface area contributed by atoms with E-state index in [-0.39, 0.29) is 37.9 Å². The molecular weight excluding hydrogens is 360 g/mol. The van der Waals surface area contributed by atoms with Gasteiger partial charge in [0.1, 0.15) is 5.75 Å². The van der Waals surface area contributed by atoms with Crippen molar-refractivity contribution < 1.29 is 24.2 Å². The van der Waals surface area contributed by atoms with Crippen LogP contribution in [0.15, 0.2) is 24.3 Å². The molecule has 1 saturated heterocycles. The van der Waals surface area contributed by atoms with Crippen molar-refractivity contribution in [2.45, 2.75) is 44.2 Å². The van der Waals surface area contributed by atoms with Crippen molar-refractivity contribution in [1.82, 2.24) is 10.2 Å². The normalized spacial score (nSPS) is 20.2. The third-order valence-corrected chi connectivity index (χ3v) is 5.59. The molecule has 0 radical (unpaired) electrons. The molecule has 2 N–H and O–H groups in total. The predicted molar refractivity (Wildman–Crippen MR) is 104 cm³/mol. The molecule has 1 unspecified atom stereocenters. The fourth-order valence-corrected chi connectivity index (χ4v) is 3.69. The number of nitrogens with one attached hydrogen (secondary N) is 1. The average molecular weight is 390 g/mol. The number of hydrogen-bond acceptors (Lipinski definition) is 6. The highest BCUT2D eigenvalue weighted by atomic mass is 16.5. The molecular formula is C21H30N2O5. The van der Waals surface area contributed by atoms with Crippen LogP contribution >= 0.6 is 0 Å². The van der Waals surface area contributed by atoms with Gasteiger partial charge < -0.3 is 19.9 Å². The summed E-state index contributed by atoms with van der Waals surface area (Å²) in [5.41, 5.74) is -0.338. The summed E-state index contributed by atoms with van der Waals surface area (Å²) in [5, 5.41) is 13.6. The van der Waals surface area contributed by atoms with Crippen molar-refractivity contribution in [1.29, 1.82) is 0 Å². The van der Waals surface area contributed by atoms with Crippen LogP contribution in [0.1, 0.15) is 44.2 Å². The SMILES string of the molecule is CCOC(=O)C1(O)CCN(CC(=O)NC(c2ccc(OC)cc2)C2CC2)CC1. The molecule has 1 amide bonds. The number of carbonyl (C=O) groups is 2. The van der Waals surface area contributed by atoms with Gasteiger partial charge in [-0.15, -0.1) is 0 Å². The first-order chi connectivity index (χ1) is 13.4. The Morgan fingerprint density at radius 2 is 1.89 bits per heavy atom. The van der Waals surface area contributed by atoms with Gasteiger partial charge in [0.15, 0.2) is 5.60 Å². The van der Waals surface area contributed by atoms with Crippen LogP contribution in [0.5, 0.6) is 5.75 Å². The molecule has 3 rings (SSSR count). The van der Waals surface area contributed by atoms with Crippen molar-refractivity contribution in [2.75, 3.05) is 33.4 Å². The fourth-order valence-electron chi connectivity index (χ4n) is 3.69. The summed E-state index contributed by atoms with van der Waals surface area (Å²) in [5.74, 6) is 0.682. The number of ether oxygens (including phenoxy) is 2. The quantitative estimate of drug-likeness (QED) is 0.657. The molecule has 0 bridgehead atoms. The monoisotopic (exact) mass is 390 g/mol. The van der Waals surface area contributed by atoms with E-state index in [4.69, 9.17) is 9.47 Å². The lowest BCUT2D eigenvalue weighted by Gasteiger charge is -2.36. The number of esters is 1. The number of hydrogen-bond donors (Lipinski definition) is 2. The molecule has 0 spiro atoms. The lowest BCUT2D eigenvalue weighted by molar-refractivity contribution is -0.170. The lowest BCUT2D eigenvalue weighted by atomic mass is 9.91. The summed E-state index contributed by atoms with van der Waals surface area (Å²) >= 11 is 0. The van der Waals surface area contributed by atoms with Crippen molar-refractivity contribution in [2.24, 2.45) is 5.92 Å². The van der Waals surface area contributed by atoms with Gasteiger partial charge in [0.2, 0.25) is 5.91 Å². The van der Waals surface area contributed by atoms with Gasteiger partial charge in [0.05, 0.1) is 26.3 Å². The molecule has 1 saturated carbocycles. The van der Waals surface area contributed by atoms with Gasteiger partial charge in [-0.1, -0.05) is 12.1 Å². The molecule has 1 aromatic carbocycles. The number of carbonyl (C=O) groups excluding carboxylic acids is 2. The van der Waals surface area contributed by atoms with Crippen LogP contribution < -0.4 is 10.1 Å². The minimum atomic E-state index is -1.43. The first-order valence-corrected chi connectivity index (χ1v) is 10.0. The summed E-state index contributed by atoms with van der Waals surface area (Å²) in [4.78, 5) is 26.5. The Morgan fingerprint density at radius 3 is 2.43 bits per heavy atom. The fraction of sp³-hybridized carbons (Fsp3) is 0.619. The van der Waals surface area contributed by atoms with E-state index in [9.17, 15) is 14.7 Å². The van der Waals surface area contributed by atoms with E-state index < -0.39 is 11.6 Å². The largest absolute Gasteiger partial charge is 0.497 e. The van der Waals surface area contributed by atoms with Crippen LogP contribution in [-0.4, -0.2) is 60.8 Å². The number of nitrogens with zero attached hydrogens (tertiary/aromatic N) is 1. The Balaban J connectivity index is 1.52. The van der Waals surface area contributed by atoms with Crippen LogP contribution in [-0.2, 0) is 14.3 Å². The first kappa shape index (κ1) is 20.6. The molecule has 7 nitrogen and oxygen atoms in total. The van der Waals surface area contributed by atoms with Crippen LogP contribution in [0.4, 0.5) is 0 Å². The number of rotatable bonds is 8. The van der Waals surface area contributed by atoms with Crippen molar-refractivity contribution in [3.05, 3.63) is 29.8 Å². The second-order valence-electron chi connectivity index (χ2n) is 7.68. The maximum absolute atomic E-state index is 12.6.